The smallest absolute Gasteiger partial charge is 0.225 e. The van der Waals surface area contributed by atoms with Crippen molar-refractivity contribution in [2.75, 3.05) is 0 Å². The summed E-state index contributed by atoms with van der Waals surface area (Å²) >= 11 is 9.52. The molecule has 0 saturated heterocycles. The molecule has 6 nitrogen and oxygen atoms in total. The molecule has 0 saturated carbocycles. The van der Waals surface area contributed by atoms with Crippen molar-refractivity contribution in [3.8, 4) is 11.6 Å². The van der Waals surface area contributed by atoms with E-state index in [0.29, 0.717) is 32.2 Å². The summed E-state index contributed by atoms with van der Waals surface area (Å²) in [6, 6.07) is 5.39. The molecule has 138 valence electrons. The maximum atomic E-state index is 9.94. The number of aromatic nitrogens is 4. The first kappa shape index (κ1) is 19.1. The minimum Gasteiger partial charge on any atom is -0.437 e. The van der Waals surface area contributed by atoms with Crippen molar-refractivity contribution in [2.24, 2.45) is 5.41 Å². The van der Waals surface area contributed by atoms with Crippen LogP contribution in [0.25, 0.3) is 11.0 Å². The Bertz CT molecular complexity index is 950. The molecule has 0 aliphatic rings. The normalized spacial score (nSPS) is 13.2. The summed E-state index contributed by atoms with van der Waals surface area (Å²) in [5.41, 5.74) is 2.22. The molecule has 2 heterocycles. The molecule has 0 radical (unpaired) electrons. The van der Waals surface area contributed by atoms with Gasteiger partial charge in [-0.15, -0.1) is 5.10 Å². The quantitative estimate of drug-likeness (QED) is 0.610. The third kappa shape index (κ3) is 4.00. The molecule has 1 N–H and O–H groups in total. The zero-order valence-corrected chi connectivity index (χ0v) is 17.3. The van der Waals surface area contributed by atoms with E-state index in [-0.39, 0.29) is 5.41 Å². The van der Waals surface area contributed by atoms with E-state index in [4.69, 9.17) is 16.3 Å². The molecule has 3 aromatic rings. The predicted octanol–water partition coefficient (Wildman–Crippen LogP) is 5.13. The van der Waals surface area contributed by atoms with E-state index in [0.717, 1.165) is 12.1 Å². The fourth-order valence-corrected chi connectivity index (χ4v) is 3.22. The van der Waals surface area contributed by atoms with Crippen LogP contribution in [0.3, 0.4) is 0 Å². The zero-order chi connectivity index (χ0) is 19.1. The number of aliphatic hydroxyl groups is 1. The average Bonchev–Trinajstić information content (AvgIpc) is 2.93. The molecular formula is C18H20BrClN4O2. The fraction of sp³-hybridized carbons (Fsp3) is 0.389. The molecule has 0 bridgehead atoms. The van der Waals surface area contributed by atoms with Crippen molar-refractivity contribution in [3.05, 3.63) is 39.5 Å². The lowest BCUT2D eigenvalue weighted by Gasteiger charge is -2.18. The van der Waals surface area contributed by atoms with Crippen molar-refractivity contribution in [1.82, 2.24) is 20.0 Å². The molecule has 1 unspecified atom stereocenters. The van der Waals surface area contributed by atoms with E-state index in [1.54, 1.807) is 13.0 Å². The number of rotatable bonds is 4. The highest BCUT2D eigenvalue weighted by atomic mass is 79.9. The molecular weight excluding hydrogens is 420 g/mol. The van der Waals surface area contributed by atoms with Crippen LogP contribution in [0.2, 0.25) is 5.02 Å². The highest BCUT2D eigenvalue weighted by Gasteiger charge is 2.19. The minimum atomic E-state index is -0.758. The summed E-state index contributed by atoms with van der Waals surface area (Å²) in [6.07, 6.45) is 0.723. The molecule has 0 aliphatic carbocycles. The molecule has 8 heteroatoms. The Balaban J connectivity index is 1.99. The van der Waals surface area contributed by atoms with Gasteiger partial charge in [-0.3, -0.25) is 0 Å². The molecule has 26 heavy (non-hydrogen) atoms. The lowest BCUT2D eigenvalue weighted by Crippen LogP contribution is -2.16. The maximum absolute atomic E-state index is 9.94. The molecule has 0 aliphatic heterocycles. The number of ether oxygens (including phenoxy) is 1. The van der Waals surface area contributed by atoms with Crippen LogP contribution in [0, 0.1) is 5.41 Å². The van der Waals surface area contributed by atoms with Crippen LogP contribution < -0.4 is 4.74 Å². The van der Waals surface area contributed by atoms with Crippen LogP contribution in [-0.4, -0.2) is 25.1 Å². The second kappa shape index (κ2) is 7.13. The summed E-state index contributed by atoms with van der Waals surface area (Å²) in [4.78, 5) is 4.19. The van der Waals surface area contributed by atoms with Crippen LogP contribution in [0.15, 0.2) is 28.9 Å². The third-order valence-corrected chi connectivity index (χ3v) is 4.69. The Labute approximate surface area is 165 Å². The zero-order valence-electron chi connectivity index (χ0n) is 15.0. The van der Waals surface area contributed by atoms with Crippen LogP contribution in [0.4, 0.5) is 0 Å². The third-order valence-electron chi connectivity index (χ3n) is 3.72. The lowest BCUT2D eigenvalue weighted by molar-refractivity contribution is 0.194. The van der Waals surface area contributed by atoms with Gasteiger partial charge in [-0.05, 0) is 46.5 Å². The van der Waals surface area contributed by atoms with Crippen molar-refractivity contribution >= 4 is 38.6 Å². The van der Waals surface area contributed by atoms with Gasteiger partial charge in [0, 0.05) is 18.3 Å². The Kier molecular flexibility index (Phi) is 5.23. The van der Waals surface area contributed by atoms with Gasteiger partial charge in [0.1, 0.15) is 11.3 Å². The number of aliphatic hydroxyl groups excluding tert-OH is 1. The Hall–Kier alpha value is -1.70. The predicted molar refractivity (Wildman–Crippen MR) is 105 cm³/mol. The largest absolute Gasteiger partial charge is 0.437 e. The summed E-state index contributed by atoms with van der Waals surface area (Å²) in [5, 5.41) is 18.9. The monoisotopic (exact) mass is 438 g/mol. The van der Waals surface area contributed by atoms with E-state index in [1.165, 1.54) is 6.20 Å². The highest BCUT2D eigenvalue weighted by molar-refractivity contribution is 9.10. The average molecular weight is 440 g/mol. The Morgan fingerprint density at radius 3 is 2.73 bits per heavy atom. The second-order valence-corrected chi connectivity index (χ2v) is 8.61. The lowest BCUT2D eigenvalue weighted by atomic mass is 9.97. The minimum absolute atomic E-state index is 0.0850. The van der Waals surface area contributed by atoms with Gasteiger partial charge in [-0.25, -0.2) is 9.67 Å². The van der Waals surface area contributed by atoms with Gasteiger partial charge in [0.25, 0.3) is 0 Å². The van der Waals surface area contributed by atoms with E-state index in [1.807, 2.05) is 16.8 Å². The molecule has 0 fully saturated rings. The molecule has 1 aromatic carbocycles. The van der Waals surface area contributed by atoms with E-state index < -0.39 is 6.10 Å². The highest BCUT2D eigenvalue weighted by Crippen LogP contribution is 2.37. The number of hydrogen-bond donors (Lipinski definition) is 1. The van der Waals surface area contributed by atoms with Gasteiger partial charge < -0.3 is 9.84 Å². The van der Waals surface area contributed by atoms with E-state index in [2.05, 4.69) is 52.0 Å². The van der Waals surface area contributed by atoms with Crippen molar-refractivity contribution in [3.63, 3.8) is 0 Å². The van der Waals surface area contributed by atoms with Gasteiger partial charge in [-0.1, -0.05) is 37.6 Å². The number of hydrogen-bond acceptors (Lipinski definition) is 5. The van der Waals surface area contributed by atoms with Crippen molar-refractivity contribution in [2.45, 2.75) is 40.3 Å². The number of halogens is 2. The van der Waals surface area contributed by atoms with Crippen molar-refractivity contribution < 1.29 is 9.84 Å². The van der Waals surface area contributed by atoms with Gasteiger partial charge in [0.2, 0.25) is 5.88 Å². The fourth-order valence-electron chi connectivity index (χ4n) is 2.56. The second-order valence-electron chi connectivity index (χ2n) is 7.38. The standard InChI is InChI=1S/C18H20BrClN4O2/c1-10(25)12-7-11(20)8-21-17(12)26-14-6-5-13-16(15(14)19)22-23-24(13)9-18(2,3)4/h5-8,10,25H,9H2,1-4H3. The Morgan fingerprint density at radius 1 is 1.35 bits per heavy atom. The SMILES string of the molecule is CC(O)c1cc(Cl)cnc1Oc1ccc2c(nnn2CC(C)(C)C)c1Br. The van der Waals surface area contributed by atoms with Gasteiger partial charge in [-0.2, -0.15) is 0 Å². The number of fused-ring (bicyclic) bond motifs is 1. The van der Waals surface area contributed by atoms with Crippen molar-refractivity contribution in [1.29, 1.82) is 0 Å². The Morgan fingerprint density at radius 2 is 2.08 bits per heavy atom. The van der Waals surface area contributed by atoms with Gasteiger partial charge in [0.05, 0.1) is 21.1 Å². The van der Waals surface area contributed by atoms with Gasteiger partial charge in [0.15, 0.2) is 0 Å². The summed E-state index contributed by atoms with van der Waals surface area (Å²) in [5.74, 6) is 0.837. The van der Waals surface area contributed by atoms with Crippen LogP contribution in [0.5, 0.6) is 11.6 Å². The number of benzene rings is 1. The summed E-state index contributed by atoms with van der Waals surface area (Å²) in [6.45, 7) is 8.84. The molecule has 2 aromatic heterocycles. The van der Waals surface area contributed by atoms with Gasteiger partial charge >= 0.3 is 0 Å². The molecule has 0 spiro atoms. The van der Waals surface area contributed by atoms with Crippen LogP contribution in [-0.2, 0) is 6.54 Å². The first-order chi connectivity index (χ1) is 12.2. The van der Waals surface area contributed by atoms with E-state index in [9.17, 15) is 5.11 Å². The first-order valence-electron chi connectivity index (χ1n) is 8.19. The van der Waals surface area contributed by atoms with Crippen LogP contribution in [0.1, 0.15) is 39.4 Å². The molecule has 0 amide bonds. The topological polar surface area (TPSA) is 73.1 Å². The number of nitrogens with zero attached hydrogens (tertiary/aromatic N) is 4. The molecule has 1 atom stereocenters. The number of pyridine rings is 1. The first-order valence-corrected chi connectivity index (χ1v) is 9.36. The summed E-state index contributed by atoms with van der Waals surface area (Å²) in [7, 11) is 0. The summed E-state index contributed by atoms with van der Waals surface area (Å²) < 4.78 is 8.49. The molecule has 3 rings (SSSR count). The van der Waals surface area contributed by atoms with E-state index >= 15 is 0 Å². The maximum Gasteiger partial charge on any atom is 0.225 e. The van der Waals surface area contributed by atoms with Crippen LogP contribution >= 0.6 is 27.5 Å².